The largest absolute Gasteiger partial charge is 0.472 e. The highest BCUT2D eigenvalue weighted by atomic mass is 16.3. The van der Waals surface area contributed by atoms with E-state index < -0.39 is 0 Å². The lowest BCUT2D eigenvalue weighted by atomic mass is 10.2. The fourth-order valence-electron chi connectivity index (χ4n) is 2.72. The van der Waals surface area contributed by atoms with Crippen LogP contribution in [0.5, 0.6) is 0 Å². The molecule has 22 heavy (non-hydrogen) atoms. The molecule has 0 radical (unpaired) electrons. The van der Waals surface area contributed by atoms with Gasteiger partial charge in [-0.2, -0.15) is 0 Å². The van der Waals surface area contributed by atoms with Crippen LogP contribution >= 0.6 is 0 Å². The normalized spacial score (nSPS) is 15.5. The van der Waals surface area contributed by atoms with Gasteiger partial charge in [0.05, 0.1) is 11.8 Å². The Labute approximate surface area is 126 Å². The number of amides is 1. The Hall–Kier alpha value is -2.83. The van der Waals surface area contributed by atoms with Crippen LogP contribution in [0.25, 0.3) is 5.65 Å². The van der Waals surface area contributed by atoms with Crippen LogP contribution in [0.4, 0.5) is 5.95 Å². The first-order chi connectivity index (χ1) is 10.8. The van der Waals surface area contributed by atoms with Gasteiger partial charge in [-0.15, -0.1) is 10.2 Å². The number of aromatic nitrogens is 3. The Morgan fingerprint density at radius 3 is 2.73 bits per heavy atom. The third-order valence-corrected chi connectivity index (χ3v) is 3.91. The average Bonchev–Trinajstić information content (AvgIpc) is 3.24. The topological polar surface area (TPSA) is 66.9 Å². The van der Waals surface area contributed by atoms with Crippen molar-refractivity contribution < 1.29 is 9.21 Å². The van der Waals surface area contributed by atoms with Gasteiger partial charge in [0.15, 0.2) is 5.65 Å². The second-order valence-electron chi connectivity index (χ2n) is 5.22. The van der Waals surface area contributed by atoms with Crippen molar-refractivity contribution in [3.05, 3.63) is 48.6 Å². The van der Waals surface area contributed by atoms with E-state index >= 15 is 0 Å². The van der Waals surface area contributed by atoms with Gasteiger partial charge < -0.3 is 14.2 Å². The molecule has 0 spiro atoms. The number of rotatable bonds is 2. The number of carbonyl (C=O) groups is 1. The molecule has 1 amide bonds. The molecule has 112 valence electrons. The van der Waals surface area contributed by atoms with E-state index in [4.69, 9.17) is 4.42 Å². The van der Waals surface area contributed by atoms with Crippen LogP contribution in [0.15, 0.2) is 47.4 Å². The molecule has 1 aliphatic heterocycles. The Balaban J connectivity index is 1.49. The van der Waals surface area contributed by atoms with E-state index in [0.717, 1.165) is 24.7 Å². The summed E-state index contributed by atoms with van der Waals surface area (Å²) < 4.78 is 6.94. The van der Waals surface area contributed by atoms with Gasteiger partial charge in [-0.3, -0.25) is 9.20 Å². The summed E-state index contributed by atoms with van der Waals surface area (Å²) in [4.78, 5) is 16.3. The van der Waals surface area contributed by atoms with Gasteiger partial charge in [-0.1, -0.05) is 6.07 Å². The molecule has 7 heteroatoms. The number of hydrogen-bond donors (Lipinski definition) is 0. The van der Waals surface area contributed by atoms with E-state index in [-0.39, 0.29) is 5.91 Å². The molecule has 3 aromatic rings. The molecular weight excluding hydrogens is 282 g/mol. The van der Waals surface area contributed by atoms with Crippen molar-refractivity contribution in [2.24, 2.45) is 0 Å². The number of piperazine rings is 1. The smallest absolute Gasteiger partial charge is 0.257 e. The van der Waals surface area contributed by atoms with Crippen molar-refractivity contribution in [2.75, 3.05) is 31.1 Å². The Morgan fingerprint density at radius 2 is 1.95 bits per heavy atom. The van der Waals surface area contributed by atoms with Gasteiger partial charge in [-0.25, -0.2) is 0 Å². The average molecular weight is 297 g/mol. The highest BCUT2D eigenvalue weighted by molar-refractivity contribution is 5.94. The summed E-state index contributed by atoms with van der Waals surface area (Å²) in [5.74, 6) is 0.838. The maximum absolute atomic E-state index is 12.3. The Morgan fingerprint density at radius 1 is 1.09 bits per heavy atom. The number of fused-ring (bicyclic) bond motifs is 1. The summed E-state index contributed by atoms with van der Waals surface area (Å²) >= 11 is 0. The van der Waals surface area contributed by atoms with Crippen molar-refractivity contribution in [2.45, 2.75) is 0 Å². The lowest BCUT2D eigenvalue weighted by Gasteiger charge is -2.34. The molecule has 0 atom stereocenters. The second kappa shape index (κ2) is 5.18. The fourth-order valence-corrected chi connectivity index (χ4v) is 2.72. The lowest BCUT2D eigenvalue weighted by Crippen LogP contribution is -2.49. The Bertz CT molecular complexity index is 787. The van der Waals surface area contributed by atoms with Crippen LogP contribution in [0.2, 0.25) is 0 Å². The molecule has 0 saturated carbocycles. The predicted molar refractivity (Wildman–Crippen MR) is 79.8 cm³/mol. The van der Waals surface area contributed by atoms with Crippen LogP contribution in [0, 0.1) is 0 Å². The molecule has 0 unspecified atom stereocenters. The number of anilines is 1. The minimum atomic E-state index is 0.0134. The highest BCUT2D eigenvalue weighted by Gasteiger charge is 2.24. The summed E-state index contributed by atoms with van der Waals surface area (Å²) in [5.41, 5.74) is 1.43. The van der Waals surface area contributed by atoms with Gasteiger partial charge in [0, 0.05) is 32.4 Å². The molecule has 0 N–H and O–H groups in total. The summed E-state index contributed by atoms with van der Waals surface area (Å²) in [6.45, 7) is 2.79. The van der Waals surface area contributed by atoms with Gasteiger partial charge in [0.25, 0.3) is 5.91 Å². The van der Waals surface area contributed by atoms with E-state index in [1.54, 1.807) is 6.07 Å². The van der Waals surface area contributed by atoms with Gasteiger partial charge in [0.1, 0.15) is 6.26 Å². The molecule has 0 aliphatic carbocycles. The van der Waals surface area contributed by atoms with E-state index in [1.165, 1.54) is 12.5 Å². The van der Waals surface area contributed by atoms with E-state index in [0.29, 0.717) is 18.7 Å². The molecule has 3 aromatic heterocycles. The maximum Gasteiger partial charge on any atom is 0.257 e. The molecule has 0 aromatic carbocycles. The highest BCUT2D eigenvalue weighted by Crippen LogP contribution is 2.16. The van der Waals surface area contributed by atoms with Crippen molar-refractivity contribution in [3.8, 4) is 0 Å². The van der Waals surface area contributed by atoms with Crippen molar-refractivity contribution >= 4 is 17.5 Å². The molecule has 0 bridgehead atoms. The first-order valence-electron chi connectivity index (χ1n) is 7.19. The van der Waals surface area contributed by atoms with Crippen LogP contribution in [-0.2, 0) is 0 Å². The molecule has 1 saturated heterocycles. The maximum atomic E-state index is 12.3. The van der Waals surface area contributed by atoms with Gasteiger partial charge >= 0.3 is 0 Å². The van der Waals surface area contributed by atoms with Crippen molar-refractivity contribution in [1.29, 1.82) is 0 Å². The van der Waals surface area contributed by atoms with E-state index in [1.807, 2.05) is 33.7 Å². The standard InChI is InChI=1S/C15H15N5O2/c21-14(12-4-10-22-11-12)18-6-8-19(9-7-18)15-17-16-13-3-1-2-5-20(13)15/h1-5,10-11H,6-9H2. The fraction of sp³-hybridized carbons (Fsp3) is 0.267. The zero-order valence-electron chi connectivity index (χ0n) is 11.9. The number of carbonyl (C=O) groups excluding carboxylic acids is 1. The summed E-state index contributed by atoms with van der Waals surface area (Å²) in [7, 11) is 0. The molecule has 1 fully saturated rings. The monoisotopic (exact) mass is 297 g/mol. The predicted octanol–water partition coefficient (Wildman–Crippen LogP) is 1.28. The first kappa shape index (κ1) is 12.9. The molecule has 1 aliphatic rings. The van der Waals surface area contributed by atoms with Crippen LogP contribution in [0.3, 0.4) is 0 Å². The van der Waals surface area contributed by atoms with Crippen molar-refractivity contribution in [1.82, 2.24) is 19.5 Å². The first-order valence-corrected chi connectivity index (χ1v) is 7.19. The minimum absolute atomic E-state index is 0.0134. The zero-order valence-corrected chi connectivity index (χ0v) is 11.9. The summed E-state index contributed by atoms with van der Waals surface area (Å²) in [6.07, 6.45) is 4.96. The molecule has 7 nitrogen and oxygen atoms in total. The quantitative estimate of drug-likeness (QED) is 0.713. The minimum Gasteiger partial charge on any atom is -0.472 e. The lowest BCUT2D eigenvalue weighted by molar-refractivity contribution is 0.0745. The SMILES string of the molecule is O=C(c1ccoc1)N1CCN(c2nnc3ccccn23)CC1. The van der Waals surface area contributed by atoms with Gasteiger partial charge in [-0.05, 0) is 18.2 Å². The summed E-state index contributed by atoms with van der Waals surface area (Å²) in [6, 6.07) is 7.52. The zero-order chi connectivity index (χ0) is 14.9. The molecule has 4 rings (SSSR count). The third kappa shape index (κ3) is 2.11. The van der Waals surface area contributed by atoms with Crippen LogP contribution in [-0.4, -0.2) is 51.6 Å². The number of furan rings is 1. The van der Waals surface area contributed by atoms with Crippen molar-refractivity contribution in [3.63, 3.8) is 0 Å². The number of nitrogens with zero attached hydrogens (tertiary/aromatic N) is 5. The van der Waals surface area contributed by atoms with E-state index in [2.05, 4.69) is 15.1 Å². The molecular formula is C15H15N5O2. The number of pyridine rings is 1. The summed E-state index contributed by atoms with van der Waals surface area (Å²) in [5, 5.41) is 8.43. The third-order valence-electron chi connectivity index (χ3n) is 3.91. The number of hydrogen-bond acceptors (Lipinski definition) is 5. The van der Waals surface area contributed by atoms with Gasteiger partial charge in [0.2, 0.25) is 5.95 Å². The Kier molecular flexibility index (Phi) is 3.03. The van der Waals surface area contributed by atoms with E-state index in [9.17, 15) is 4.79 Å². The molecule has 4 heterocycles. The van der Waals surface area contributed by atoms with Crippen LogP contribution in [0.1, 0.15) is 10.4 Å². The second-order valence-corrected chi connectivity index (χ2v) is 5.22. The van der Waals surface area contributed by atoms with Crippen LogP contribution < -0.4 is 4.90 Å².